The molecule has 2 aliphatic heterocycles. The summed E-state index contributed by atoms with van der Waals surface area (Å²) in [5.41, 5.74) is 11.6. The van der Waals surface area contributed by atoms with Gasteiger partial charge in [0.2, 0.25) is 0 Å². The minimum atomic E-state index is -0.750. The highest BCUT2D eigenvalue weighted by Crippen LogP contribution is 2.30. The standard InChI is InChI=1S/C30H26N4.CHCl3/c1-30(2,3)20-6-4-19(5-7-20)28-17-27-16-25-11-10-23(32-25)14-21-8-9-22(31-21)15-24-12-13-26(33-24)18-29(28)34-27;2-1(3)4/h4-18,31,34H,1-3H3;1H. The van der Waals surface area contributed by atoms with Crippen LogP contribution in [0.25, 0.3) is 57.5 Å². The Bertz CT molecular complexity index is 1680. The number of nitrogens with one attached hydrogen (secondary N) is 2. The number of H-pyrrole nitrogens is 2. The van der Waals surface area contributed by atoms with Gasteiger partial charge < -0.3 is 9.97 Å². The quantitative estimate of drug-likeness (QED) is 0.196. The highest BCUT2D eigenvalue weighted by molar-refractivity contribution is 6.63. The molecule has 0 unspecified atom stereocenters. The smallest absolute Gasteiger partial charge is 0.180 e. The number of fused-ring (bicyclic) bond motifs is 8. The zero-order valence-electron chi connectivity index (χ0n) is 21.3. The predicted molar refractivity (Wildman–Crippen MR) is 164 cm³/mol. The van der Waals surface area contributed by atoms with Crippen LogP contribution in [0.5, 0.6) is 0 Å². The first-order valence-electron chi connectivity index (χ1n) is 12.2. The molecule has 192 valence electrons. The second-order valence-corrected chi connectivity index (χ2v) is 12.1. The number of aromatic nitrogens is 4. The summed E-state index contributed by atoms with van der Waals surface area (Å²) in [6.07, 6.45) is 8.20. The van der Waals surface area contributed by atoms with E-state index in [0.29, 0.717) is 0 Å². The Hall–Kier alpha value is -3.31. The van der Waals surface area contributed by atoms with Crippen LogP contribution in [0.1, 0.15) is 49.1 Å². The fraction of sp³-hybridized carbons (Fsp3) is 0.161. The zero-order chi connectivity index (χ0) is 26.9. The van der Waals surface area contributed by atoms with Crippen molar-refractivity contribution in [1.29, 1.82) is 0 Å². The van der Waals surface area contributed by atoms with Gasteiger partial charge in [-0.2, -0.15) is 0 Å². The summed E-state index contributed by atoms with van der Waals surface area (Å²) in [7, 11) is 0. The minimum Gasteiger partial charge on any atom is -0.355 e. The topological polar surface area (TPSA) is 57.4 Å². The van der Waals surface area contributed by atoms with Crippen molar-refractivity contribution in [1.82, 2.24) is 19.9 Å². The van der Waals surface area contributed by atoms with Crippen molar-refractivity contribution in [3.05, 3.63) is 95.1 Å². The molecule has 5 heterocycles. The van der Waals surface area contributed by atoms with Crippen LogP contribution in [-0.4, -0.2) is 24.2 Å². The highest BCUT2D eigenvalue weighted by Gasteiger charge is 2.14. The van der Waals surface area contributed by atoms with Crippen LogP contribution in [0, 0.1) is 0 Å². The van der Waals surface area contributed by atoms with Crippen LogP contribution in [0.3, 0.4) is 0 Å². The Balaban J connectivity index is 0.000000689. The van der Waals surface area contributed by atoms with E-state index in [4.69, 9.17) is 44.8 Å². The van der Waals surface area contributed by atoms with Crippen LogP contribution in [-0.2, 0) is 5.41 Å². The van der Waals surface area contributed by atoms with E-state index in [1.807, 2.05) is 18.2 Å². The molecule has 2 N–H and O–H groups in total. The number of benzene rings is 1. The first kappa shape index (κ1) is 26.3. The third-order valence-electron chi connectivity index (χ3n) is 6.23. The van der Waals surface area contributed by atoms with Crippen LogP contribution in [0.15, 0.2) is 66.7 Å². The average Bonchev–Trinajstić information content (AvgIpc) is 3.63. The molecular weight excluding hydrogens is 535 g/mol. The SMILES string of the molecule is CC(C)(C)c1ccc(-c2cc3cc4nc(cc5ccc(cc6nc(cc2[nH]3)C=C6)[nH]5)C=C4)cc1.ClC(Cl)Cl. The van der Waals surface area contributed by atoms with Crippen molar-refractivity contribution in [2.75, 3.05) is 0 Å². The molecule has 4 nitrogen and oxygen atoms in total. The van der Waals surface area contributed by atoms with Gasteiger partial charge in [0.1, 0.15) is 0 Å². The third kappa shape index (κ3) is 6.39. The molecule has 0 saturated heterocycles. The molecule has 0 fully saturated rings. The number of hydrogen-bond acceptors (Lipinski definition) is 2. The predicted octanol–water partition coefficient (Wildman–Crippen LogP) is 9.61. The van der Waals surface area contributed by atoms with Gasteiger partial charge in [-0.3, -0.25) is 0 Å². The lowest BCUT2D eigenvalue weighted by Crippen LogP contribution is -2.10. The molecule has 1 aromatic carbocycles. The molecule has 7 heteroatoms. The van der Waals surface area contributed by atoms with Gasteiger partial charge >= 0.3 is 0 Å². The molecule has 4 aromatic rings. The van der Waals surface area contributed by atoms with Gasteiger partial charge in [0.05, 0.1) is 22.8 Å². The number of aromatic amines is 2. The van der Waals surface area contributed by atoms with Crippen molar-refractivity contribution in [2.24, 2.45) is 0 Å². The Kier molecular flexibility index (Phi) is 7.49. The molecule has 0 aliphatic carbocycles. The Labute approximate surface area is 237 Å². The summed E-state index contributed by atoms with van der Waals surface area (Å²) in [5.74, 6) is 0. The molecular formula is C31H27Cl3N4. The second kappa shape index (κ2) is 10.8. The van der Waals surface area contributed by atoms with E-state index in [9.17, 15) is 0 Å². The zero-order valence-corrected chi connectivity index (χ0v) is 23.5. The first-order chi connectivity index (χ1) is 18.1. The van der Waals surface area contributed by atoms with Crippen molar-refractivity contribution in [2.45, 2.75) is 30.5 Å². The first-order valence-corrected chi connectivity index (χ1v) is 13.5. The molecule has 0 radical (unpaired) electrons. The van der Waals surface area contributed by atoms with E-state index in [0.717, 1.165) is 50.4 Å². The lowest BCUT2D eigenvalue weighted by molar-refractivity contribution is 0.590. The molecule has 38 heavy (non-hydrogen) atoms. The number of nitrogens with zero attached hydrogens (tertiary/aromatic N) is 2. The van der Waals surface area contributed by atoms with Gasteiger partial charge in [-0.1, -0.05) is 79.8 Å². The second-order valence-electron chi connectivity index (χ2n) is 10.2. The molecule has 0 spiro atoms. The number of alkyl halides is 3. The maximum atomic E-state index is 4.82. The summed E-state index contributed by atoms with van der Waals surface area (Å²) in [6.45, 7) is 6.72. The van der Waals surface area contributed by atoms with E-state index in [2.05, 4.69) is 104 Å². The summed E-state index contributed by atoms with van der Waals surface area (Å²) >= 11 is 14.4. The molecule has 8 bridgehead atoms. The average molecular weight is 562 g/mol. The van der Waals surface area contributed by atoms with Crippen LogP contribution < -0.4 is 0 Å². The molecule has 3 aromatic heterocycles. The Morgan fingerprint density at radius 1 is 0.605 bits per heavy atom. The number of rotatable bonds is 1. The van der Waals surface area contributed by atoms with E-state index in [1.165, 1.54) is 11.1 Å². The lowest BCUT2D eigenvalue weighted by atomic mass is 9.86. The Morgan fingerprint density at radius 3 is 1.58 bits per heavy atom. The van der Waals surface area contributed by atoms with Crippen molar-refractivity contribution in [3.8, 4) is 11.1 Å². The van der Waals surface area contributed by atoms with Gasteiger partial charge in [0.15, 0.2) is 4.30 Å². The normalized spacial score (nSPS) is 12.5. The fourth-order valence-electron chi connectivity index (χ4n) is 4.41. The van der Waals surface area contributed by atoms with E-state index < -0.39 is 4.30 Å². The van der Waals surface area contributed by atoms with Crippen molar-refractivity contribution in [3.63, 3.8) is 0 Å². The minimum absolute atomic E-state index is 0.123. The van der Waals surface area contributed by atoms with E-state index in [-0.39, 0.29) is 5.41 Å². The maximum absolute atomic E-state index is 4.82. The van der Waals surface area contributed by atoms with Crippen LogP contribution >= 0.6 is 34.8 Å². The Morgan fingerprint density at radius 2 is 1.08 bits per heavy atom. The van der Waals surface area contributed by atoms with Crippen molar-refractivity contribution >= 4 is 81.2 Å². The maximum Gasteiger partial charge on any atom is 0.180 e. The molecule has 2 aliphatic rings. The fourth-order valence-corrected chi connectivity index (χ4v) is 4.41. The number of halogens is 3. The van der Waals surface area contributed by atoms with Gasteiger partial charge in [-0.05, 0) is 83.3 Å². The summed E-state index contributed by atoms with van der Waals surface area (Å²) in [6, 6.07) is 23.5. The van der Waals surface area contributed by atoms with Crippen LogP contribution in [0.2, 0.25) is 0 Å². The summed E-state index contributed by atoms with van der Waals surface area (Å²) < 4.78 is -0.750. The van der Waals surface area contributed by atoms with Gasteiger partial charge in [0.25, 0.3) is 0 Å². The van der Waals surface area contributed by atoms with E-state index >= 15 is 0 Å². The van der Waals surface area contributed by atoms with Gasteiger partial charge in [-0.25, -0.2) is 9.97 Å². The molecule has 6 rings (SSSR count). The van der Waals surface area contributed by atoms with Crippen molar-refractivity contribution < 1.29 is 0 Å². The summed E-state index contributed by atoms with van der Waals surface area (Å²) in [5, 5.41) is 0. The van der Waals surface area contributed by atoms with Gasteiger partial charge in [-0.15, -0.1) is 0 Å². The molecule has 0 saturated carbocycles. The number of hydrogen-bond donors (Lipinski definition) is 2. The largest absolute Gasteiger partial charge is 0.355 e. The highest BCUT2D eigenvalue weighted by atomic mass is 35.6. The lowest BCUT2D eigenvalue weighted by Gasteiger charge is -2.19. The molecule has 0 atom stereocenters. The summed E-state index contributed by atoms with van der Waals surface area (Å²) in [4.78, 5) is 16.6. The molecule has 0 amide bonds. The van der Waals surface area contributed by atoms with E-state index in [1.54, 1.807) is 0 Å². The third-order valence-corrected chi connectivity index (χ3v) is 6.23. The van der Waals surface area contributed by atoms with Gasteiger partial charge in [0, 0.05) is 27.6 Å². The van der Waals surface area contributed by atoms with Crippen LogP contribution in [0.4, 0.5) is 0 Å². The monoisotopic (exact) mass is 560 g/mol.